The molecule has 0 fully saturated rings. The van der Waals surface area contributed by atoms with Gasteiger partial charge in [-0.3, -0.25) is 0 Å². The van der Waals surface area contributed by atoms with E-state index >= 15 is 0 Å². The monoisotopic (exact) mass is 114 g/mol. The van der Waals surface area contributed by atoms with Crippen molar-refractivity contribution in [3.63, 3.8) is 0 Å². The van der Waals surface area contributed by atoms with Crippen LogP contribution in [0.5, 0.6) is 0 Å². The summed E-state index contributed by atoms with van der Waals surface area (Å²) in [5.74, 6) is 0.634. The molecule has 0 rings (SSSR count). The highest BCUT2D eigenvalue weighted by atomic mass is 32.2. The van der Waals surface area contributed by atoms with Crippen LogP contribution in [0.1, 0.15) is 13.8 Å². The van der Waals surface area contributed by atoms with Gasteiger partial charge in [-0.1, -0.05) is 20.4 Å². The third-order valence-electron chi connectivity index (χ3n) is 0.906. The lowest BCUT2D eigenvalue weighted by molar-refractivity contribution is 0.821. The largest absolute Gasteiger partial charge is 0.190 e. The van der Waals surface area contributed by atoms with E-state index in [1.165, 1.54) is 4.91 Å². The molecule has 0 aliphatic rings. The normalized spacial score (nSPS) is 9.57. The molecular formula is C5H11BS. The van der Waals surface area contributed by atoms with Crippen LogP contribution >= 0.6 is 11.6 Å². The van der Waals surface area contributed by atoms with Crippen molar-refractivity contribution in [2.75, 3.05) is 0 Å². The molecule has 0 radical (unpaired) electrons. The molecule has 0 spiro atoms. The molecule has 0 saturated heterocycles. The molecule has 0 saturated carbocycles. The lowest BCUT2D eigenvalue weighted by Gasteiger charge is -2.02. The van der Waals surface area contributed by atoms with Crippen molar-refractivity contribution in [3.05, 3.63) is 11.5 Å². The van der Waals surface area contributed by atoms with Gasteiger partial charge in [-0.05, 0) is 10.8 Å². The number of rotatable bonds is 2. The van der Waals surface area contributed by atoms with Crippen LogP contribution in [0, 0.1) is 5.92 Å². The zero-order chi connectivity index (χ0) is 5.86. The van der Waals surface area contributed by atoms with Gasteiger partial charge in [0, 0.05) is 0 Å². The average molecular weight is 114 g/mol. The minimum Gasteiger partial charge on any atom is -0.190 e. The molecule has 0 nitrogen and oxygen atoms in total. The molecule has 40 valence electrons. The molecule has 2 heteroatoms. The highest BCUT2D eigenvalue weighted by molar-refractivity contribution is 8.22. The third-order valence-corrected chi connectivity index (χ3v) is 1.90. The van der Waals surface area contributed by atoms with Crippen molar-refractivity contribution >= 4 is 18.7 Å². The Bertz CT molecular complexity index is 68.5. The molecule has 0 unspecified atom stereocenters. The van der Waals surface area contributed by atoms with Gasteiger partial charge in [0.15, 0.2) is 7.12 Å². The Kier molecular flexibility index (Phi) is 3.27. The molecule has 0 heterocycles. The van der Waals surface area contributed by atoms with E-state index in [0.717, 1.165) is 0 Å². The standard InChI is InChI=1S/C5H11BS/c1-4(2)5(3)7-6/h4H,3,6H2,1-2H3. The highest BCUT2D eigenvalue weighted by Gasteiger charge is 1.93. The van der Waals surface area contributed by atoms with Crippen LogP contribution in [-0.2, 0) is 0 Å². The summed E-state index contributed by atoms with van der Waals surface area (Å²) >= 11 is 1.74. The van der Waals surface area contributed by atoms with Crippen molar-refractivity contribution in [1.82, 2.24) is 0 Å². The Hall–Kier alpha value is 0.155. The summed E-state index contributed by atoms with van der Waals surface area (Å²) in [6, 6.07) is 0. The summed E-state index contributed by atoms with van der Waals surface area (Å²) < 4.78 is 0. The van der Waals surface area contributed by atoms with Crippen LogP contribution in [0.2, 0.25) is 0 Å². The predicted octanol–water partition coefficient (Wildman–Crippen LogP) is 1.44. The third kappa shape index (κ3) is 2.80. The Balaban J connectivity index is 3.35. The molecule has 0 atom stereocenters. The van der Waals surface area contributed by atoms with Crippen molar-refractivity contribution in [3.8, 4) is 0 Å². The molecule has 0 aromatic heterocycles. The van der Waals surface area contributed by atoms with Crippen molar-refractivity contribution in [2.24, 2.45) is 5.92 Å². The first-order chi connectivity index (χ1) is 3.18. The molecule has 0 aromatic rings. The fraction of sp³-hybridized carbons (Fsp3) is 0.600. The van der Waals surface area contributed by atoms with E-state index in [2.05, 4.69) is 27.6 Å². The highest BCUT2D eigenvalue weighted by Crippen LogP contribution is 2.16. The van der Waals surface area contributed by atoms with E-state index in [9.17, 15) is 0 Å². The van der Waals surface area contributed by atoms with Crippen LogP contribution in [0.3, 0.4) is 0 Å². The fourth-order valence-electron chi connectivity index (χ4n) is 0.236. The lowest BCUT2D eigenvalue weighted by atomic mass is 10.2. The lowest BCUT2D eigenvalue weighted by Crippen LogP contribution is -1.84. The minimum absolute atomic E-state index is 0.634. The van der Waals surface area contributed by atoms with E-state index in [0.29, 0.717) is 5.92 Å². The topological polar surface area (TPSA) is 0 Å². The van der Waals surface area contributed by atoms with Crippen LogP contribution in [0.4, 0.5) is 0 Å². The van der Waals surface area contributed by atoms with Crippen molar-refractivity contribution in [2.45, 2.75) is 13.8 Å². The summed E-state index contributed by atoms with van der Waals surface area (Å²) in [6.07, 6.45) is 0. The Morgan fingerprint density at radius 1 is 1.71 bits per heavy atom. The minimum atomic E-state index is 0.634. The first kappa shape index (κ1) is 7.15. The van der Waals surface area contributed by atoms with E-state index in [-0.39, 0.29) is 0 Å². The van der Waals surface area contributed by atoms with Gasteiger partial charge < -0.3 is 0 Å². The van der Waals surface area contributed by atoms with Gasteiger partial charge in [0.25, 0.3) is 0 Å². The molecule has 0 bridgehead atoms. The Labute approximate surface area is 50.7 Å². The van der Waals surface area contributed by atoms with Gasteiger partial charge in [-0.25, -0.2) is 0 Å². The summed E-state index contributed by atoms with van der Waals surface area (Å²) in [7, 11) is 2.06. The zero-order valence-electron chi connectivity index (χ0n) is 5.19. The van der Waals surface area contributed by atoms with Gasteiger partial charge in [0.05, 0.1) is 0 Å². The first-order valence-corrected chi connectivity index (χ1v) is 3.63. The molecular weight excluding hydrogens is 103 g/mol. The predicted molar refractivity (Wildman–Crippen MR) is 40.1 cm³/mol. The van der Waals surface area contributed by atoms with Crippen LogP contribution in [0.25, 0.3) is 0 Å². The van der Waals surface area contributed by atoms with Crippen molar-refractivity contribution < 1.29 is 0 Å². The first-order valence-electron chi connectivity index (χ1n) is 2.41. The summed E-state index contributed by atoms with van der Waals surface area (Å²) in [4.78, 5) is 1.26. The molecule has 0 N–H and O–H groups in total. The maximum Gasteiger partial charge on any atom is 0.179 e. The second kappa shape index (κ2) is 3.19. The average Bonchev–Trinajstić information content (AvgIpc) is 1.65. The van der Waals surface area contributed by atoms with E-state index in [1.807, 2.05) is 0 Å². The van der Waals surface area contributed by atoms with Gasteiger partial charge in [-0.2, -0.15) is 11.6 Å². The number of hydrogen-bond donors (Lipinski definition) is 0. The van der Waals surface area contributed by atoms with Crippen LogP contribution < -0.4 is 0 Å². The second-order valence-corrected chi connectivity index (χ2v) is 2.76. The van der Waals surface area contributed by atoms with Gasteiger partial charge in [0.2, 0.25) is 0 Å². The van der Waals surface area contributed by atoms with E-state index in [1.54, 1.807) is 11.6 Å². The summed E-state index contributed by atoms with van der Waals surface area (Å²) in [5.41, 5.74) is 0. The molecule has 7 heavy (non-hydrogen) atoms. The Morgan fingerprint density at radius 2 is 2.14 bits per heavy atom. The summed E-state index contributed by atoms with van der Waals surface area (Å²) in [6.45, 7) is 8.14. The zero-order valence-corrected chi connectivity index (χ0v) is 6.01. The van der Waals surface area contributed by atoms with E-state index in [4.69, 9.17) is 0 Å². The van der Waals surface area contributed by atoms with Gasteiger partial charge in [-0.15, -0.1) is 0 Å². The molecule has 0 aliphatic heterocycles. The Morgan fingerprint density at radius 3 is 2.14 bits per heavy atom. The maximum absolute atomic E-state index is 3.84. The number of allylic oxidation sites excluding steroid dienone is 1. The second-order valence-electron chi connectivity index (χ2n) is 1.83. The van der Waals surface area contributed by atoms with Gasteiger partial charge >= 0.3 is 0 Å². The maximum atomic E-state index is 3.84. The molecule has 0 aliphatic carbocycles. The van der Waals surface area contributed by atoms with Crippen LogP contribution in [0.15, 0.2) is 11.5 Å². The van der Waals surface area contributed by atoms with Gasteiger partial charge in [0.1, 0.15) is 0 Å². The van der Waals surface area contributed by atoms with Crippen molar-refractivity contribution in [1.29, 1.82) is 0 Å². The summed E-state index contributed by atoms with van der Waals surface area (Å²) in [5, 5.41) is 0. The number of hydrogen-bond acceptors (Lipinski definition) is 1. The smallest absolute Gasteiger partial charge is 0.179 e. The van der Waals surface area contributed by atoms with Crippen LogP contribution in [-0.4, -0.2) is 7.12 Å². The molecule has 0 aromatic carbocycles. The fourth-order valence-corrected chi connectivity index (χ4v) is 0.707. The SMILES string of the molecule is BSC(=C)C(C)C. The molecule has 0 amide bonds. The van der Waals surface area contributed by atoms with E-state index < -0.39 is 0 Å². The quantitative estimate of drug-likeness (QED) is 0.489.